The third-order valence-electron chi connectivity index (χ3n) is 6.95. The molecule has 0 saturated heterocycles. The maximum atomic E-state index is 13.6. The van der Waals surface area contributed by atoms with Gasteiger partial charge < -0.3 is 14.6 Å². The molecule has 0 fully saturated rings. The monoisotopic (exact) mass is 610 g/mol. The van der Waals surface area contributed by atoms with Crippen LogP contribution in [-0.4, -0.2) is 44.1 Å². The third kappa shape index (κ3) is 5.96. The summed E-state index contributed by atoms with van der Waals surface area (Å²) in [5, 5.41) is 11.6. The van der Waals surface area contributed by atoms with Crippen LogP contribution in [0.5, 0.6) is 5.75 Å². The molecule has 0 radical (unpaired) electrons. The number of rotatable bonds is 8. The number of carbonyl (C=O) groups excluding carboxylic acids is 1. The topological polar surface area (TPSA) is 104 Å². The van der Waals surface area contributed by atoms with Crippen LogP contribution < -0.4 is 15.6 Å². The maximum Gasteiger partial charge on any atom is 0.436 e. The predicted octanol–water partition coefficient (Wildman–Crippen LogP) is 6.07. The second-order valence-corrected chi connectivity index (χ2v) is 10.1. The number of benzene rings is 2. The van der Waals surface area contributed by atoms with Crippen molar-refractivity contribution >= 4 is 28.3 Å². The molecule has 5 rings (SSSR count). The van der Waals surface area contributed by atoms with E-state index >= 15 is 0 Å². The molecule has 5 aromatic rings. The molecule has 0 aliphatic rings. The fourth-order valence-electron chi connectivity index (χ4n) is 4.87. The van der Waals surface area contributed by atoms with E-state index in [2.05, 4.69) is 20.6 Å². The van der Waals surface area contributed by atoms with E-state index in [9.17, 15) is 22.8 Å². The Labute approximate surface area is 248 Å². The molecular weight excluding hydrogens is 585 g/mol. The Balaban J connectivity index is 1.57. The van der Waals surface area contributed by atoms with Crippen LogP contribution in [0.1, 0.15) is 48.1 Å². The average molecular weight is 611 g/mol. The van der Waals surface area contributed by atoms with Gasteiger partial charge in [-0.25, -0.2) is 4.68 Å². The first-order chi connectivity index (χ1) is 20.5. The van der Waals surface area contributed by atoms with Crippen molar-refractivity contribution < 1.29 is 22.7 Å². The highest BCUT2D eigenvalue weighted by atomic mass is 35.5. The van der Waals surface area contributed by atoms with Gasteiger partial charge in [0.1, 0.15) is 5.75 Å². The Kier molecular flexibility index (Phi) is 8.23. The van der Waals surface area contributed by atoms with Crippen LogP contribution in [0.15, 0.2) is 71.9 Å². The van der Waals surface area contributed by atoms with Crippen molar-refractivity contribution in [3.8, 4) is 22.6 Å². The molecule has 0 spiro atoms. The van der Waals surface area contributed by atoms with Crippen molar-refractivity contribution in [2.45, 2.75) is 32.5 Å². The highest BCUT2D eigenvalue weighted by Gasteiger charge is 2.35. The SMILES string of the molecule is CCNC(=O)c1ccc2cc(C(CC)n3cc(OC)c(-c4cc(Cl)ccc4-n4cc(C(F)(F)F)nn4)cc3=O)ncc2c1. The number of hydrogen-bond donors (Lipinski definition) is 1. The average Bonchev–Trinajstić information content (AvgIpc) is 3.49. The number of hydrogen-bond acceptors (Lipinski definition) is 6. The number of nitrogens with one attached hydrogen (secondary N) is 1. The number of pyridine rings is 2. The molecule has 2 aromatic carbocycles. The Morgan fingerprint density at radius 1 is 1.05 bits per heavy atom. The summed E-state index contributed by atoms with van der Waals surface area (Å²) in [5.74, 6) is 0.108. The van der Waals surface area contributed by atoms with Crippen molar-refractivity contribution in [3.05, 3.63) is 99.4 Å². The van der Waals surface area contributed by atoms with Gasteiger partial charge in [0, 0.05) is 45.9 Å². The molecule has 9 nitrogen and oxygen atoms in total. The van der Waals surface area contributed by atoms with Crippen LogP contribution in [0.4, 0.5) is 13.2 Å². The number of nitrogens with zero attached hydrogens (tertiary/aromatic N) is 5. The Bertz CT molecular complexity index is 1890. The lowest BCUT2D eigenvalue weighted by molar-refractivity contribution is -0.141. The van der Waals surface area contributed by atoms with Gasteiger partial charge in [-0.2, -0.15) is 13.2 Å². The number of methoxy groups -OCH3 is 1. The maximum absolute atomic E-state index is 13.6. The van der Waals surface area contributed by atoms with Crippen molar-refractivity contribution in [3.63, 3.8) is 0 Å². The van der Waals surface area contributed by atoms with Gasteiger partial charge in [0.15, 0.2) is 5.69 Å². The minimum atomic E-state index is -4.68. The number of amides is 1. The van der Waals surface area contributed by atoms with Gasteiger partial charge in [-0.15, -0.1) is 5.10 Å². The predicted molar refractivity (Wildman–Crippen MR) is 156 cm³/mol. The number of aromatic nitrogens is 5. The first-order valence-electron chi connectivity index (χ1n) is 13.3. The van der Waals surface area contributed by atoms with E-state index < -0.39 is 23.5 Å². The molecule has 1 unspecified atom stereocenters. The third-order valence-corrected chi connectivity index (χ3v) is 7.18. The van der Waals surface area contributed by atoms with Crippen LogP contribution in [0.25, 0.3) is 27.6 Å². The lowest BCUT2D eigenvalue weighted by atomic mass is 10.0. The van der Waals surface area contributed by atoms with Gasteiger partial charge in [0.2, 0.25) is 0 Å². The molecule has 3 aromatic heterocycles. The van der Waals surface area contributed by atoms with Crippen LogP contribution in [-0.2, 0) is 6.18 Å². The lowest BCUT2D eigenvalue weighted by Crippen LogP contribution is -2.25. The van der Waals surface area contributed by atoms with E-state index in [0.717, 1.165) is 21.7 Å². The zero-order valence-electron chi connectivity index (χ0n) is 23.3. The zero-order valence-corrected chi connectivity index (χ0v) is 24.1. The van der Waals surface area contributed by atoms with E-state index in [1.165, 1.54) is 35.9 Å². The van der Waals surface area contributed by atoms with Crippen LogP contribution in [0.2, 0.25) is 5.02 Å². The van der Waals surface area contributed by atoms with E-state index in [1.54, 1.807) is 24.5 Å². The second-order valence-electron chi connectivity index (χ2n) is 9.66. The number of alkyl halides is 3. The van der Waals surface area contributed by atoms with Crippen molar-refractivity contribution in [1.82, 2.24) is 29.9 Å². The van der Waals surface area contributed by atoms with Gasteiger partial charge in [0.25, 0.3) is 11.5 Å². The number of carbonyl (C=O) groups is 1. The highest BCUT2D eigenvalue weighted by molar-refractivity contribution is 6.31. The molecule has 0 bridgehead atoms. The lowest BCUT2D eigenvalue weighted by Gasteiger charge is -2.21. The second kappa shape index (κ2) is 11.9. The molecule has 0 saturated carbocycles. The largest absolute Gasteiger partial charge is 0.495 e. The van der Waals surface area contributed by atoms with E-state index in [4.69, 9.17) is 16.3 Å². The first kappa shape index (κ1) is 29.8. The molecular formula is C30H26ClF3N6O3. The van der Waals surface area contributed by atoms with Crippen molar-refractivity contribution in [2.75, 3.05) is 13.7 Å². The van der Waals surface area contributed by atoms with Crippen LogP contribution >= 0.6 is 11.6 Å². The van der Waals surface area contributed by atoms with Gasteiger partial charge >= 0.3 is 6.18 Å². The summed E-state index contributed by atoms with van der Waals surface area (Å²) in [6, 6.07) is 12.6. The fraction of sp³-hybridized carbons (Fsp3) is 0.233. The first-order valence-corrected chi connectivity index (χ1v) is 13.7. The van der Waals surface area contributed by atoms with E-state index in [0.29, 0.717) is 40.4 Å². The smallest absolute Gasteiger partial charge is 0.436 e. The molecule has 1 amide bonds. The normalized spacial score (nSPS) is 12.3. The number of halogens is 4. The summed E-state index contributed by atoms with van der Waals surface area (Å²) >= 11 is 6.26. The molecule has 3 heterocycles. The summed E-state index contributed by atoms with van der Waals surface area (Å²) in [7, 11) is 1.43. The summed E-state index contributed by atoms with van der Waals surface area (Å²) in [6.45, 7) is 4.28. The van der Waals surface area contributed by atoms with Crippen molar-refractivity contribution in [2.24, 2.45) is 0 Å². The van der Waals surface area contributed by atoms with Crippen LogP contribution in [0.3, 0.4) is 0 Å². The highest BCUT2D eigenvalue weighted by Crippen LogP contribution is 2.37. The summed E-state index contributed by atoms with van der Waals surface area (Å²) in [5.41, 5.74) is 0.452. The van der Waals surface area contributed by atoms with Gasteiger partial charge in [-0.3, -0.25) is 14.6 Å². The summed E-state index contributed by atoms with van der Waals surface area (Å²) in [6.07, 6.45) is -0.195. The standard InChI is InChI=1S/C30H26ClF3N6O3/c1-4-24(23-11-17-6-7-18(29(42)35-5-2)10-19(17)14-36-23)39-15-26(43-3)22(13-28(39)41)21-12-20(31)8-9-25(21)40-16-27(37-38-40)30(32,33)34/h6-16,24H,4-5H2,1-3H3,(H,35,42). The quantitative estimate of drug-likeness (QED) is 0.229. The van der Waals surface area contributed by atoms with Gasteiger partial charge in [0.05, 0.1) is 36.9 Å². The van der Waals surface area contributed by atoms with Gasteiger partial charge in [-0.1, -0.05) is 29.8 Å². The molecule has 1 atom stereocenters. The molecule has 0 aliphatic heterocycles. The molecule has 13 heteroatoms. The van der Waals surface area contributed by atoms with E-state index in [1.807, 2.05) is 26.0 Å². The van der Waals surface area contributed by atoms with E-state index in [-0.39, 0.29) is 17.3 Å². The zero-order chi connectivity index (χ0) is 30.9. The Hall–Kier alpha value is -4.71. The Morgan fingerprint density at radius 2 is 1.84 bits per heavy atom. The molecule has 1 N–H and O–H groups in total. The minimum Gasteiger partial charge on any atom is -0.495 e. The number of ether oxygens (including phenoxy) is 1. The fourth-order valence-corrected chi connectivity index (χ4v) is 5.05. The molecule has 0 aliphatic carbocycles. The minimum absolute atomic E-state index is 0.175. The van der Waals surface area contributed by atoms with Gasteiger partial charge in [-0.05, 0) is 55.1 Å². The number of fused-ring (bicyclic) bond motifs is 1. The van der Waals surface area contributed by atoms with Crippen molar-refractivity contribution in [1.29, 1.82) is 0 Å². The Morgan fingerprint density at radius 3 is 2.51 bits per heavy atom. The summed E-state index contributed by atoms with van der Waals surface area (Å²) in [4.78, 5) is 30.4. The van der Waals surface area contributed by atoms with Crippen LogP contribution in [0, 0.1) is 0 Å². The molecule has 222 valence electrons. The molecule has 43 heavy (non-hydrogen) atoms. The summed E-state index contributed by atoms with van der Waals surface area (Å²) < 4.78 is 47.8.